The van der Waals surface area contributed by atoms with Gasteiger partial charge < -0.3 is 19.5 Å². The molecule has 1 aromatic carbocycles. The van der Waals surface area contributed by atoms with Crippen molar-refractivity contribution < 1.29 is 24.2 Å². The molecule has 0 radical (unpaired) electrons. The fourth-order valence-electron chi connectivity index (χ4n) is 2.22. The minimum Gasteiger partial charge on any atom is -0.484 e. The monoisotopic (exact) mass is 293 g/mol. The highest BCUT2D eigenvalue weighted by Crippen LogP contribution is 2.18. The molecule has 2 rings (SSSR count). The van der Waals surface area contributed by atoms with Crippen LogP contribution in [0.3, 0.4) is 0 Å². The van der Waals surface area contributed by atoms with E-state index in [4.69, 9.17) is 14.6 Å². The van der Waals surface area contributed by atoms with Crippen LogP contribution in [0.1, 0.15) is 11.1 Å². The van der Waals surface area contributed by atoms with Crippen LogP contribution < -0.4 is 4.74 Å². The number of amides is 1. The molecule has 6 heteroatoms. The predicted octanol–water partition coefficient (Wildman–Crippen LogP) is 0.994. The lowest BCUT2D eigenvalue weighted by atomic mass is 10.1. The number of hydrogen-bond acceptors (Lipinski definition) is 4. The van der Waals surface area contributed by atoms with Gasteiger partial charge >= 0.3 is 5.97 Å². The van der Waals surface area contributed by atoms with E-state index in [0.29, 0.717) is 12.3 Å². The molecule has 0 aromatic heterocycles. The molecule has 21 heavy (non-hydrogen) atoms. The summed E-state index contributed by atoms with van der Waals surface area (Å²) in [6, 6.07) is 5.73. The van der Waals surface area contributed by atoms with Crippen LogP contribution in [0, 0.1) is 13.8 Å². The van der Waals surface area contributed by atoms with Crippen LogP contribution in [-0.4, -0.2) is 54.3 Å². The highest BCUT2D eigenvalue weighted by molar-refractivity contribution is 5.79. The first kappa shape index (κ1) is 15.3. The standard InChI is InChI=1S/C15H19NO5/c1-10-3-4-12(11(2)7-10)21-9-14(17)16-5-6-20-13(8-16)15(18)19/h3-4,7,13H,5-6,8-9H2,1-2H3,(H,18,19)/t13-/m0/s1. The zero-order chi connectivity index (χ0) is 15.4. The number of nitrogens with zero attached hydrogens (tertiary/aromatic N) is 1. The maximum Gasteiger partial charge on any atom is 0.334 e. The van der Waals surface area contributed by atoms with E-state index in [9.17, 15) is 9.59 Å². The van der Waals surface area contributed by atoms with Crippen LogP contribution in [0.25, 0.3) is 0 Å². The van der Waals surface area contributed by atoms with Crippen molar-refractivity contribution in [3.8, 4) is 5.75 Å². The van der Waals surface area contributed by atoms with Gasteiger partial charge in [-0.15, -0.1) is 0 Å². The second-order valence-electron chi connectivity index (χ2n) is 5.10. The molecule has 1 aliphatic rings. The lowest BCUT2D eigenvalue weighted by molar-refractivity contribution is -0.159. The van der Waals surface area contributed by atoms with Gasteiger partial charge in [-0.1, -0.05) is 17.7 Å². The normalized spacial score (nSPS) is 18.4. The van der Waals surface area contributed by atoms with E-state index in [1.165, 1.54) is 4.90 Å². The van der Waals surface area contributed by atoms with Gasteiger partial charge in [-0.2, -0.15) is 0 Å². The first-order valence-corrected chi connectivity index (χ1v) is 6.79. The number of aryl methyl sites for hydroxylation is 2. The number of ether oxygens (including phenoxy) is 2. The van der Waals surface area contributed by atoms with E-state index in [2.05, 4.69) is 0 Å². The van der Waals surface area contributed by atoms with Gasteiger partial charge in [0.05, 0.1) is 13.2 Å². The van der Waals surface area contributed by atoms with Crippen molar-refractivity contribution in [1.82, 2.24) is 4.90 Å². The summed E-state index contributed by atoms with van der Waals surface area (Å²) in [4.78, 5) is 24.4. The second kappa shape index (κ2) is 6.58. The van der Waals surface area contributed by atoms with Crippen LogP contribution >= 0.6 is 0 Å². The highest BCUT2D eigenvalue weighted by Gasteiger charge is 2.29. The second-order valence-corrected chi connectivity index (χ2v) is 5.10. The van der Waals surface area contributed by atoms with Crippen LogP contribution in [0.2, 0.25) is 0 Å². The fourth-order valence-corrected chi connectivity index (χ4v) is 2.22. The van der Waals surface area contributed by atoms with E-state index in [1.54, 1.807) is 0 Å². The molecule has 6 nitrogen and oxygen atoms in total. The number of hydrogen-bond donors (Lipinski definition) is 1. The summed E-state index contributed by atoms with van der Waals surface area (Å²) in [6.07, 6.45) is -0.955. The van der Waals surface area contributed by atoms with E-state index >= 15 is 0 Å². The SMILES string of the molecule is Cc1ccc(OCC(=O)N2CCO[C@H](C(=O)O)C2)c(C)c1. The Kier molecular flexibility index (Phi) is 4.80. The fraction of sp³-hybridized carbons (Fsp3) is 0.467. The zero-order valence-electron chi connectivity index (χ0n) is 12.2. The average Bonchev–Trinajstić information content (AvgIpc) is 2.46. The van der Waals surface area contributed by atoms with Gasteiger partial charge in [0.2, 0.25) is 0 Å². The summed E-state index contributed by atoms with van der Waals surface area (Å²) in [5, 5.41) is 8.91. The van der Waals surface area contributed by atoms with Crippen molar-refractivity contribution in [2.45, 2.75) is 20.0 Å². The Balaban J connectivity index is 1.90. The van der Waals surface area contributed by atoms with Gasteiger partial charge in [0.25, 0.3) is 5.91 Å². The number of carboxylic acids is 1. The summed E-state index contributed by atoms with van der Waals surface area (Å²) in [6.45, 7) is 4.48. The molecule has 1 aromatic rings. The van der Waals surface area contributed by atoms with Crippen molar-refractivity contribution >= 4 is 11.9 Å². The largest absolute Gasteiger partial charge is 0.484 e. The summed E-state index contributed by atoms with van der Waals surface area (Å²) in [5.74, 6) is -0.621. The number of benzene rings is 1. The molecular weight excluding hydrogens is 274 g/mol. The lowest BCUT2D eigenvalue weighted by Crippen LogP contribution is -2.49. The van der Waals surface area contributed by atoms with Crippen molar-refractivity contribution in [3.63, 3.8) is 0 Å². The van der Waals surface area contributed by atoms with Crippen LogP contribution in [0.15, 0.2) is 18.2 Å². The third-order valence-corrected chi connectivity index (χ3v) is 3.38. The third kappa shape index (κ3) is 3.95. The quantitative estimate of drug-likeness (QED) is 0.896. The smallest absolute Gasteiger partial charge is 0.334 e. The number of rotatable bonds is 4. The van der Waals surface area contributed by atoms with Gasteiger partial charge in [-0.3, -0.25) is 4.79 Å². The molecule has 1 N–H and O–H groups in total. The molecule has 0 saturated carbocycles. The number of carboxylic acid groups (broad SMARTS) is 1. The first-order chi connectivity index (χ1) is 9.97. The number of morpholine rings is 1. The molecule has 114 valence electrons. The Morgan fingerprint density at radius 2 is 2.19 bits per heavy atom. The first-order valence-electron chi connectivity index (χ1n) is 6.79. The number of carbonyl (C=O) groups excluding carboxylic acids is 1. The summed E-state index contributed by atoms with van der Waals surface area (Å²) in [5.41, 5.74) is 2.09. The van der Waals surface area contributed by atoms with E-state index in [1.807, 2.05) is 32.0 Å². The summed E-state index contributed by atoms with van der Waals surface area (Å²) >= 11 is 0. The highest BCUT2D eigenvalue weighted by atomic mass is 16.5. The van der Waals surface area contributed by atoms with Crippen molar-refractivity contribution in [3.05, 3.63) is 29.3 Å². The number of aliphatic carboxylic acids is 1. The van der Waals surface area contributed by atoms with Crippen LogP contribution in [-0.2, 0) is 14.3 Å². The molecule has 1 saturated heterocycles. The average molecular weight is 293 g/mol. The Bertz CT molecular complexity index is 543. The minimum atomic E-state index is -1.05. The Morgan fingerprint density at radius 1 is 1.43 bits per heavy atom. The topological polar surface area (TPSA) is 76.1 Å². The maximum atomic E-state index is 12.1. The molecule has 1 atom stereocenters. The van der Waals surface area contributed by atoms with Gasteiger partial charge in [0.15, 0.2) is 12.7 Å². The molecule has 1 aliphatic heterocycles. The van der Waals surface area contributed by atoms with Gasteiger partial charge in [0, 0.05) is 6.54 Å². The molecule has 0 unspecified atom stereocenters. The third-order valence-electron chi connectivity index (χ3n) is 3.38. The van der Waals surface area contributed by atoms with E-state index in [-0.39, 0.29) is 25.7 Å². The zero-order valence-corrected chi connectivity index (χ0v) is 12.2. The Labute approximate surface area is 123 Å². The molecule has 0 bridgehead atoms. The Morgan fingerprint density at radius 3 is 2.86 bits per heavy atom. The number of carbonyl (C=O) groups is 2. The van der Waals surface area contributed by atoms with Gasteiger partial charge in [-0.05, 0) is 25.5 Å². The van der Waals surface area contributed by atoms with E-state index < -0.39 is 12.1 Å². The molecule has 0 aliphatic carbocycles. The predicted molar refractivity (Wildman–Crippen MR) is 75.4 cm³/mol. The molecule has 0 spiro atoms. The molecule has 1 amide bonds. The molecule has 1 fully saturated rings. The molecular formula is C15H19NO5. The van der Waals surface area contributed by atoms with Crippen LogP contribution in [0.4, 0.5) is 0 Å². The summed E-state index contributed by atoms with van der Waals surface area (Å²) in [7, 11) is 0. The lowest BCUT2D eigenvalue weighted by Gasteiger charge is -2.30. The Hall–Kier alpha value is -2.08. The van der Waals surface area contributed by atoms with Crippen molar-refractivity contribution in [2.75, 3.05) is 26.3 Å². The minimum absolute atomic E-state index is 0.0599. The van der Waals surface area contributed by atoms with E-state index in [0.717, 1.165) is 11.1 Å². The summed E-state index contributed by atoms with van der Waals surface area (Å²) < 4.78 is 10.6. The van der Waals surface area contributed by atoms with Crippen LogP contribution in [0.5, 0.6) is 5.75 Å². The van der Waals surface area contributed by atoms with Crippen molar-refractivity contribution in [2.24, 2.45) is 0 Å². The molecule has 1 heterocycles. The van der Waals surface area contributed by atoms with Gasteiger partial charge in [0.1, 0.15) is 5.75 Å². The maximum absolute atomic E-state index is 12.1. The van der Waals surface area contributed by atoms with Gasteiger partial charge in [-0.25, -0.2) is 4.79 Å². The van der Waals surface area contributed by atoms with Crippen molar-refractivity contribution in [1.29, 1.82) is 0 Å².